The van der Waals surface area contributed by atoms with E-state index in [1.54, 1.807) is 0 Å². The number of cyclic esters (lactones) is 2. The van der Waals surface area contributed by atoms with Gasteiger partial charge in [-0.15, -0.1) is 0 Å². The Kier molecular flexibility index (Phi) is 3.69. The van der Waals surface area contributed by atoms with Crippen LogP contribution in [0.5, 0.6) is 0 Å². The molecule has 7 nitrogen and oxygen atoms in total. The molecular weight excluding hydrogens is 266 g/mol. The third-order valence-electron chi connectivity index (χ3n) is 3.00. The van der Waals surface area contributed by atoms with Crippen molar-refractivity contribution in [3.8, 4) is 0 Å². The summed E-state index contributed by atoms with van der Waals surface area (Å²) in [6.45, 7) is 4.51. The minimum absolute atomic E-state index is 0.102. The van der Waals surface area contributed by atoms with Gasteiger partial charge in [-0.1, -0.05) is 0 Å². The molecule has 0 aliphatic carbocycles. The molecule has 0 amide bonds. The summed E-state index contributed by atoms with van der Waals surface area (Å²) in [7, 11) is 0. The Balaban J connectivity index is 2.08. The molecule has 0 unspecified atom stereocenters. The summed E-state index contributed by atoms with van der Waals surface area (Å²) in [5.74, 6) is -3.00. The van der Waals surface area contributed by atoms with Gasteiger partial charge in [-0.05, 0) is 12.8 Å². The molecular formula is C13H17NO6. The molecule has 2 fully saturated rings. The molecule has 0 aromatic carbocycles. The summed E-state index contributed by atoms with van der Waals surface area (Å²) in [6, 6.07) is -0.114. The molecule has 0 aromatic rings. The Morgan fingerprint density at radius 3 is 2.50 bits per heavy atom. The fourth-order valence-electron chi connectivity index (χ4n) is 2.15. The van der Waals surface area contributed by atoms with E-state index in [9.17, 15) is 14.4 Å². The van der Waals surface area contributed by atoms with E-state index in [1.165, 1.54) is 20.8 Å². The van der Waals surface area contributed by atoms with Gasteiger partial charge in [0.15, 0.2) is 5.57 Å². The van der Waals surface area contributed by atoms with Crippen molar-refractivity contribution in [2.24, 2.45) is 0 Å². The van der Waals surface area contributed by atoms with Crippen LogP contribution in [0.1, 0.15) is 33.6 Å². The van der Waals surface area contributed by atoms with Gasteiger partial charge in [-0.3, -0.25) is 4.79 Å². The van der Waals surface area contributed by atoms with Crippen LogP contribution in [0.15, 0.2) is 11.3 Å². The maximum absolute atomic E-state index is 11.9. The quantitative estimate of drug-likeness (QED) is 0.445. The fraction of sp³-hybridized carbons (Fsp3) is 0.615. The monoisotopic (exact) mass is 283 g/mol. The molecule has 0 spiro atoms. The van der Waals surface area contributed by atoms with E-state index < -0.39 is 17.7 Å². The summed E-state index contributed by atoms with van der Waals surface area (Å²) in [5.41, 5.74) is 0.377. The van der Waals surface area contributed by atoms with Crippen molar-refractivity contribution in [1.29, 1.82) is 0 Å². The molecule has 2 aliphatic heterocycles. The van der Waals surface area contributed by atoms with Gasteiger partial charge in [0.1, 0.15) is 6.61 Å². The van der Waals surface area contributed by atoms with Crippen LogP contribution in [0.3, 0.4) is 0 Å². The largest absolute Gasteiger partial charge is 0.464 e. The highest BCUT2D eigenvalue weighted by molar-refractivity contribution is 6.16. The number of allylic oxidation sites excluding steroid dienone is 1. The molecule has 2 heterocycles. The fourth-order valence-corrected chi connectivity index (χ4v) is 2.15. The Labute approximate surface area is 116 Å². The standard InChI is InChI=1S/C13H17NO6/c1-7(15)18-6-8-4-5-9(14-8)10-11(16)19-13(2,3)20-12(10)17/h8,14H,4-6H2,1-3H3/t8-/m1/s1. The van der Waals surface area contributed by atoms with Crippen LogP contribution in [-0.2, 0) is 28.6 Å². The SMILES string of the molecule is CC(=O)OC[C@H]1CCC(=C2C(=O)OC(C)(C)OC2=O)N1. The predicted octanol–water partition coefficient (Wildman–Crippen LogP) is 0.392. The van der Waals surface area contributed by atoms with Gasteiger partial charge in [0, 0.05) is 26.5 Å². The number of hydrogen-bond donors (Lipinski definition) is 1. The van der Waals surface area contributed by atoms with E-state index in [1.807, 2.05) is 0 Å². The van der Waals surface area contributed by atoms with Gasteiger partial charge < -0.3 is 19.5 Å². The molecule has 20 heavy (non-hydrogen) atoms. The molecule has 2 rings (SSSR count). The molecule has 0 radical (unpaired) electrons. The van der Waals surface area contributed by atoms with Crippen molar-refractivity contribution >= 4 is 17.9 Å². The molecule has 110 valence electrons. The van der Waals surface area contributed by atoms with Gasteiger partial charge in [-0.25, -0.2) is 9.59 Å². The number of ether oxygens (including phenoxy) is 3. The lowest BCUT2D eigenvalue weighted by Gasteiger charge is -2.30. The highest BCUT2D eigenvalue weighted by Crippen LogP contribution is 2.28. The van der Waals surface area contributed by atoms with Crippen molar-refractivity contribution in [2.75, 3.05) is 6.61 Å². The first-order valence-corrected chi connectivity index (χ1v) is 6.38. The van der Waals surface area contributed by atoms with Crippen LogP contribution >= 0.6 is 0 Å². The van der Waals surface area contributed by atoms with E-state index in [0.29, 0.717) is 18.5 Å². The van der Waals surface area contributed by atoms with Crippen LogP contribution in [0.4, 0.5) is 0 Å². The van der Waals surface area contributed by atoms with Crippen molar-refractivity contribution < 1.29 is 28.6 Å². The highest BCUT2D eigenvalue weighted by Gasteiger charge is 2.42. The molecule has 1 N–H and O–H groups in total. The van der Waals surface area contributed by atoms with Crippen molar-refractivity contribution in [3.05, 3.63) is 11.3 Å². The van der Waals surface area contributed by atoms with E-state index in [-0.39, 0.29) is 24.2 Å². The number of nitrogens with one attached hydrogen (secondary N) is 1. The average Bonchev–Trinajstić information content (AvgIpc) is 2.72. The van der Waals surface area contributed by atoms with Gasteiger partial charge in [0.05, 0.1) is 6.04 Å². The zero-order chi connectivity index (χ0) is 14.9. The summed E-state index contributed by atoms with van der Waals surface area (Å²) in [4.78, 5) is 34.5. The second-order valence-electron chi connectivity index (χ2n) is 5.21. The first-order chi connectivity index (χ1) is 9.28. The minimum atomic E-state index is -1.24. The van der Waals surface area contributed by atoms with E-state index >= 15 is 0 Å². The van der Waals surface area contributed by atoms with Gasteiger partial charge in [0.25, 0.3) is 5.79 Å². The van der Waals surface area contributed by atoms with Gasteiger partial charge in [0.2, 0.25) is 0 Å². The zero-order valence-corrected chi connectivity index (χ0v) is 11.6. The van der Waals surface area contributed by atoms with Crippen LogP contribution in [0.25, 0.3) is 0 Å². The number of carbonyl (C=O) groups is 3. The molecule has 7 heteroatoms. The lowest BCUT2D eigenvalue weighted by atomic mass is 10.1. The summed E-state index contributed by atoms with van der Waals surface area (Å²) in [5, 5.41) is 3.00. The average molecular weight is 283 g/mol. The maximum atomic E-state index is 11.9. The summed E-state index contributed by atoms with van der Waals surface area (Å²) >= 11 is 0. The normalized spacial score (nSPS) is 24.9. The maximum Gasteiger partial charge on any atom is 0.350 e. The van der Waals surface area contributed by atoms with E-state index in [4.69, 9.17) is 14.2 Å². The Bertz CT molecular complexity index is 471. The molecule has 1 atom stereocenters. The Hall–Kier alpha value is -2.05. The second kappa shape index (κ2) is 5.15. The number of rotatable bonds is 2. The second-order valence-corrected chi connectivity index (χ2v) is 5.21. The smallest absolute Gasteiger partial charge is 0.350 e. The van der Waals surface area contributed by atoms with Crippen molar-refractivity contribution in [1.82, 2.24) is 5.32 Å². The molecule has 0 saturated carbocycles. The third kappa shape index (κ3) is 3.09. The molecule has 2 saturated heterocycles. The van der Waals surface area contributed by atoms with Crippen molar-refractivity contribution in [2.45, 2.75) is 45.4 Å². The van der Waals surface area contributed by atoms with Crippen LogP contribution < -0.4 is 5.32 Å². The first-order valence-electron chi connectivity index (χ1n) is 6.38. The lowest BCUT2D eigenvalue weighted by molar-refractivity contribution is -0.222. The van der Waals surface area contributed by atoms with Crippen LogP contribution in [0, 0.1) is 0 Å². The molecule has 0 aromatic heterocycles. The van der Waals surface area contributed by atoms with Gasteiger partial charge in [-0.2, -0.15) is 0 Å². The Morgan fingerprint density at radius 2 is 1.95 bits per heavy atom. The van der Waals surface area contributed by atoms with Crippen LogP contribution in [0.2, 0.25) is 0 Å². The number of esters is 3. The highest BCUT2D eigenvalue weighted by atomic mass is 16.7. The van der Waals surface area contributed by atoms with E-state index in [2.05, 4.69) is 5.32 Å². The van der Waals surface area contributed by atoms with Crippen LogP contribution in [-0.4, -0.2) is 36.3 Å². The van der Waals surface area contributed by atoms with Crippen molar-refractivity contribution in [3.63, 3.8) is 0 Å². The van der Waals surface area contributed by atoms with Gasteiger partial charge >= 0.3 is 17.9 Å². The van der Waals surface area contributed by atoms with E-state index in [0.717, 1.165) is 0 Å². The third-order valence-corrected chi connectivity index (χ3v) is 3.00. The summed E-state index contributed by atoms with van der Waals surface area (Å²) in [6.07, 6.45) is 1.17. The lowest BCUT2D eigenvalue weighted by Crippen LogP contribution is -2.43. The number of hydrogen-bond acceptors (Lipinski definition) is 7. The molecule has 0 bridgehead atoms. The Morgan fingerprint density at radius 1 is 1.35 bits per heavy atom. The number of carbonyl (C=O) groups excluding carboxylic acids is 3. The topological polar surface area (TPSA) is 90.9 Å². The summed E-state index contributed by atoms with van der Waals surface area (Å²) < 4.78 is 15.0. The predicted molar refractivity (Wildman–Crippen MR) is 66.1 cm³/mol. The molecule has 2 aliphatic rings. The zero-order valence-electron chi connectivity index (χ0n) is 11.6. The minimum Gasteiger partial charge on any atom is -0.464 e. The first kappa shape index (κ1) is 14.4.